The molecule has 0 unspecified atom stereocenters. The van der Waals surface area contributed by atoms with Crippen LogP contribution in [0.5, 0.6) is 5.75 Å². The van der Waals surface area contributed by atoms with Crippen LogP contribution in [0.1, 0.15) is 36.4 Å². The van der Waals surface area contributed by atoms with Gasteiger partial charge in [-0.25, -0.2) is 0 Å². The summed E-state index contributed by atoms with van der Waals surface area (Å²) in [4.78, 5) is 29.6. The van der Waals surface area contributed by atoms with Gasteiger partial charge in [0.2, 0.25) is 11.8 Å². The van der Waals surface area contributed by atoms with Crippen molar-refractivity contribution >= 4 is 11.8 Å². The van der Waals surface area contributed by atoms with Gasteiger partial charge in [-0.15, -0.1) is 0 Å². The molecule has 2 amide bonds. The minimum Gasteiger partial charge on any atom is -0.497 e. The van der Waals surface area contributed by atoms with Gasteiger partial charge in [0.05, 0.1) is 19.1 Å². The van der Waals surface area contributed by atoms with Gasteiger partial charge in [0.25, 0.3) is 0 Å². The fourth-order valence-electron chi connectivity index (χ4n) is 4.58. The summed E-state index contributed by atoms with van der Waals surface area (Å²) in [6.07, 6.45) is 2.66. The van der Waals surface area contributed by atoms with Crippen LogP contribution in [0, 0.1) is 5.92 Å². The Morgan fingerprint density at radius 2 is 1.81 bits per heavy atom. The van der Waals surface area contributed by atoms with Crippen LogP contribution in [0.2, 0.25) is 0 Å². The molecule has 2 aliphatic heterocycles. The molecule has 0 bridgehead atoms. The molecule has 2 heterocycles. The Balaban J connectivity index is 1.36. The molecule has 2 atom stereocenters. The van der Waals surface area contributed by atoms with Crippen molar-refractivity contribution in [1.29, 1.82) is 0 Å². The Bertz CT molecular complexity index is 879. The van der Waals surface area contributed by atoms with Crippen molar-refractivity contribution in [3.63, 3.8) is 0 Å². The first kappa shape index (κ1) is 21.4. The van der Waals surface area contributed by atoms with Crippen LogP contribution in [-0.4, -0.2) is 54.9 Å². The molecule has 6 heteroatoms. The number of ether oxygens (including phenoxy) is 1. The van der Waals surface area contributed by atoms with Crippen molar-refractivity contribution in [1.82, 2.24) is 15.1 Å². The first-order valence-electron chi connectivity index (χ1n) is 11.1. The number of nitrogens with zero attached hydrogens (tertiary/aromatic N) is 2. The second kappa shape index (κ2) is 9.96. The molecule has 6 nitrogen and oxygen atoms in total. The maximum atomic E-state index is 12.9. The average Bonchev–Trinajstić information content (AvgIpc) is 3.45. The van der Waals surface area contributed by atoms with Crippen LogP contribution >= 0.6 is 0 Å². The number of hydrogen-bond donors (Lipinski definition) is 1. The highest BCUT2D eigenvalue weighted by Gasteiger charge is 2.34. The monoisotopic (exact) mass is 421 g/mol. The highest BCUT2D eigenvalue weighted by atomic mass is 16.5. The van der Waals surface area contributed by atoms with Crippen molar-refractivity contribution in [2.75, 3.05) is 33.3 Å². The molecule has 2 aromatic rings. The summed E-state index contributed by atoms with van der Waals surface area (Å²) in [5, 5.41) is 3.14. The predicted octanol–water partition coefficient (Wildman–Crippen LogP) is 3.00. The van der Waals surface area contributed by atoms with Crippen LogP contribution in [0.15, 0.2) is 54.6 Å². The number of benzene rings is 2. The van der Waals surface area contributed by atoms with Crippen molar-refractivity contribution < 1.29 is 14.3 Å². The second-order valence-corrected chi connectivity index (χ2v) is 8.44. The molecule has 4 rings (SSSR count). The Labute approximate surface area is 184 Å². The highest BCUT2D eigenvalue weighted by Crippen LogP contribution is 2.27. The molecule has 1 N–H and O–H groups in total. The third kappa shape index (κ3) is 5.25. The smallest absolute Gasteiger partial charge is 0.225 e. The van der Waals surface area contributed by atoms with E-state index in [0.717, 1.165) is 24.4 Å². The summed E-state index contributed by atoms with van der Waals surface area (Å²) in [5.74, 6) is 0.569. The number of nitrogens with one attached hydrogen (secondary N) is 1. The lowest BCUT2D eigenvalue weighted by molar-refractivity contribution is -0.129. The molecule has 164 valence electrons. The summed E-state index contributed by atoms with van der Waals surface area (Å²) in [6, 6.07) is 18.2. The number of amides is 2. The van der Waals surface area contributed by atoms with E-state index in [9.17, 15) is 9.59 Å². The number of carbonyl (C=O) groups excluding carboxylic acids is 2. The number of likely N-dealkylation sites (tertiary alicyclic amines) is 2. The van der Waals surface area contributed by atoms with E-state index in [-0.39, 0.29) is 30.2 Å². The van der Waals surface area contributed by atoms with Crippen molar-refractivity contribution in [3.8, 4) is 5.75 Å². The van der Waals surface area contributed by atoms with Crippen LogP contribution in [0.4, 0.5) is 0 Å². The third-order valence-corrected chi connectivity index (χ3v) is 6.35. The molecule has 2 aromatic carbocycles. The SMILES string of the molecule is COc1ccc([C@H](CNC(=O)[C@@H]2CC(=O)N(Cc3ccccc3)C2)N2CCCC2)cc1. The summed E-state index contributed by atoms with van der Waals surface area (Å²) in [6.45, 7) is 3.68. The van der Waals surface area contributed by atoms with E-state index < -0.39 is 0 Å². The summed E-state index contributed by atoms with van der Waals surface area (Å²) < 4.78 is 5.28. The van der Waals surface area contributed by atoms with Gasteiger partial charge >= 0.3 is 0 Å². The van der Waals surface area contributed by atoms with Crippen LogP contribution in [-0.2, 0) is 16.1 Å². The Morgan fingerprint density at radius 1 is 1.10 bits per heavy atom. The van der Waals surface area contributed by atoms with Gasteiger partial charge in [-0.05, 0) is 49.2 Å². The van der Waals surface area contributed by atoms with Gasteiger partial charge in [0, 0.05) is 26.1 Å². The zero-order valence-electron chi connectivity index (χ0n) is 18.1. The molecule has 0 aliphatic carbocycles. The lowest BCUT2D eigenvalue weighted by Gasteiger charge is -2.28. The van der Waals surface area contributed by atoms with E-state index in [1.807, 2.05) is 42.5 Å². The molecule has 2 fully saturated rings. The lowest BCUT2D eigenvalue weighted by Crippen LogP contribution is -2.39. The fourth-order valence-corrected chi connectivity index (χ4v) is 4.58. The Hall–Kier alpha value is -2.86. The number of carbonyl (C=O) groups is 2. The summed E-state index contributed by atoms with van der Waals surface area (Å²) in [5.41, 5.74) is 2.27. The van der Waals surface area contributed by atoms with Gasteiger partial charge in [-0.3, -0.25) is 14.5 Å². The van der Waals surface area contributed by atoms with Crippen LogP contribution in [0.3, 0.4) is 0 Å². The standard InChI is InChI=1S/C25H31N3O3/c1-31-22-11-9-20(10-12-22)23(27-13-5-6-14-27)16-26-25(30)21-15-24(29)28(18-21)17-19-7-3-2-4-8-19/h2-4,7-12,21,23H,5-6,13-18H2,1H3,(H,26,30)/t21-,23+/m1/s1. The Morgan fingerprint density at radius 3 is 2.48 bits per heavy atom. The van der Waals surface area contributed by atoms with E-state index in [2.05, 4.69) is 22.3 Å². The molecular weight excluding hydrogens is 390 g/mol. The molecule has 0 saturated carbocycles. The molecule has 31 heavy (non-hydrogen) atoms. The molecule has 0 spiro atoms. The quantitative estimate of drug-likeness (QED) is 0.712. The van der Waals surface area contributed by atoms with E-state index in [4.69, 9.17) is 4.74 Å². The van der Waals surface area contributed by atoms with Gasteiger partial charge in [-0.2, -0.15) is 0 Å². The molecule has 0 radical (unpaired) electrons. The van der Waals surface area contributed by atoms with Gasteiger partial charge in [-0.1, -0.05) is 42.5 Å². The zero-order valence-corrected chi connectivity index (χ0v) is 18.1. The number of hydrogen-bond acceptors (Lipinski definition) is 4. The van der Waals surface area contributed by atoms with Gasteiger partial charge in [0.1, 0.15) is 5.75 Å². The lowest BCUT2D eigenvalue weighted by atomic mass is 10.0. The second-order valence-electron chi connectivity index (χ2n) is 8.44. The summed E-state index contributed by atoms with van der Waals surface area (Å²) >= 11 is 0. The Kier molecular flexibility index (Phi) is 6.87. The van der Waals surface area contributed by atoms with Crippen molar-refractivity contribution in [2.45, 2.75) is 31.8 Å². The molecule has 0 aromatic heterocycles. The van der Waals surface area contributed by atoms with E-state index in [0.29, 0.717) is 19.6 Å². The van der Waals surface area contributed by atoms with Crippen molar-refractivity contribution in [2.24, 2.45) is 5.92 Å². The zero-order chi connectivity index (χ0) is 21.6. The van der Waals surface area contributed by atoms with E-state index in [1.54, 1.807) is 12.0 Å². The largest absolute Gasteiger partial charge is 0.497 e. The van der Waals surface area contributed by atoms with Gasteiger partial charge in [0.15, 0.2) is 0 Å². The maximum Gasteiger partial charge on any atom is 0.225 e. The first-order chi connectivity index (χ1) is 15.1. The predicted molar refractivity (Wildman–Crippen MR) is 120 cm³/mol. The molecular formula is C25H31N3O3. The minimum absolute atomic E-state index is 0.0263. The number of methoxy groups -OCH3 is 1. The highest BCUT2D eigenvalue weighted by molar-refractivity contribution is 5.89. The normalized spacial score (nSPS) is 20.1. The minimum atomic E-state index is -0.286. The van der Waals surface area contributed by atoms with E-state index in [1.165, 1.54) is 18.4 Å². The van der Waals surface area contributed by atoms with Crippen LogP contribution < -0.4 is 10.1 Å². The summed E-state index contributed by atoms with van der Waals surface area (Å²) in [7, 11) is 1.66. The first-order valence-corrected chi connectivity index (χ1v) is 11.1. The average molecular weight is 422 g/mol. The van der Waals surface area contributed by atoms with Crippen LogP contribution in [0.25, 0.3) is 0 Å². The molecule has 2 saturated heterocycles. The maximum absolute atomic E-state index is 12.9. The van der Waals surface area contributed by atoms with E-state index >= 15 is 0 Å². The number of rotatable bonds is 8. The molecule has 2 aliphatic rings. The van der Waals surface area contributed by atoms with Gasteiger partial charge < -0.3 is 15.0 Å². The topological polar surface area (TPSA) is 61.9 Å². The fraction of sp³-hybridized carbons (Fsp3) is 0.440. The third-order valence-electron chi connectivity index (χ3n) is 6.35. The van der Waals surface area contributed by atoms with Crippen molar-refractivity contribution in [3.05, 3.63) is 65.7 Å².